The number of allylic oxidation sites excluding steroid dienone is 12. The van der Waals surface area contributed by atoms with Gasteiger partial charge in [0, 0.05) is 19.3 Å². The van der Waals surface area contributed by atoms with Gasteiger partial charge in [0.15, 0.2) is 12.1 Å². The van der Waals surface area contributed by atoms with Crippen molar-refractivity contribution in [3.8, 4) is 0 Å². The lowest BCUT2D eigenvalue weighted by Crippen LogP contribution is -2.50. The van der Waals surface area contributed by atoms with Crippen LogP contribution in [0.25, 0.3) is 0 Å². The molecular weight excluding hydrogens is 799 g/mol. The Balaban J connectivity index is 4.29. The van der Waals surface area contributed by atoms with Gasteiger partial charge in [-0.05, 0) is 64.2 Å². The van der Waals surface area contributed by atoms with Gasteiger partial charge < -0.3 is 23.8 Å². The molecule has 0 saturated carbocycles. The maximum atomic E-state index is 12.8. The number of hydrogen-bond donors (Lipinski definition) is 1. The summed E-state index contributed by atoms with van der Waals surface area (Å²) in [6, 6.07) is -0.621. The predicted molar refractivity (Wildman–Crippen MR) is 270 cm³/mol. The predicted octanol–water partition coefficient (Wildman–Crippen LogP) is 15.1. The lowest BCUT2D eigenvalue weighted by atomic mass is 10.0. The average molecular weight is 897 g/mol. The fourth-order valence-electron chi connectivity index (χ4n) is 7.39. The largest absolute Gasteiger partial charge is 0.477 e. The number of hydrogen-bond acceptors (Lipinski definition) is 6. The molecule has 0 aliphatic heterocycles. The van der Waals surface area contributed by atoms with Crippen LogP contribution < -0.4 is 0 Å². The molecule has 0 aromatic rings. The van der Waals surface area contributed by atoms with Gasteiger partial charge in [0.05, 0.1) is 34.4 Å². The van der Waals surface area contributed by atoms with Crippen LogP contribution in [-0.4, -0.2) is 80.6 Å². The van der Waals surface area contributed by atoms with E-state index in [2.05, 4.69) is 86.8 Å². The van der Waals surface area contributed by atoms with Crippen LogP contribution in [0.3, 0.4) is 0 Å². The number of unbranched alkanes of at least 4 members (excludes halogenated alkanes) is 20. The van der Waals surface area contributed by atoms with Gasteiger partial charge in [0.25, 0.3) is 0 Å². The van der Waals surface area contributed by atoms with Crippen LogP contribution in [0.4, 0.5) is 0 Å². The minimum atomic E-state index is -0.879. The summed E-state index contributed by atoms with van der Waals surface area (Å²) in [5.74, 6) is -1.50. The fraction of sp³-hybridized carbons (Fsp3) is 0.732. The Kier molecular flexibility index (Phi) is 44.0. The number of nitrogens with zero attached hydrogens (tertiary/aromatic N) is 1. The van der Waals surface area contributed by atoms with Gasteiger partial charge in [-0.2, -0.15) is 0 Å². The van der Waals surface area contributed by atoms with E-state index < -0.39 is 18.1 Å². The first-order valence-electron chi connectivity index (χ1n) is 26.0. The fourth-order valence-corrected chi connectivity index (χ4v) is 7.39. The van der Waals surface area contributed by atoms with Crippen molar-refractivity contribution in [3.05, 3.63) is 72.9 Å². The van der Waals surface area contributed by atoms with E-state index in [4.69, 9.17) is 14.2 Å². The Bertz CT molecular complexity index is 1270. The first kappa shape index (κ1) is 60.8. The number of carboxylic acids is 1. The number of carbonyl (C=O) groups is 3. The zero-order valence-corrected chi connectivity index (χ0v) is 42.0. The van der Waals surface area contributed by atoms with Gasteiger partial charge >= 0.3 is 17.9 Å². The van der Waals surface area contributed by atoms with Crippen molar-refractivity contribution >= 4 is 17.9 Å². The van der Waals surface area contributed by atoms with Crippen molar-refractivity contribution in [2.75, 3.05) is 41.0 Å². The Morgan fingerprint density at radius 1 is 0.484 bits per heavy atom. The van der Waals surface area contributed by atoms with E-state index in [-0.39, 0.29) is 36.2 Å². The minimum Gasteiger partial charge on any atom is -0.477 e. The third-order valence-corrected chi connectivity index (χ3v) is 11.4. The standard InChI is InChI=1S/C56H97NO7/c1-6-8-10-12-14-16-18-20-22-24-25-26-27-28-29-31-32-34-36-38-40-42-44-46-54(58)63-51-52(50-62-49-48-53(56(60)61)57(3,4)5)64-55(59)47-45-43-41-39-37-35-33-30-23-21-19-17-15-13-11-9-7-2/h8,10,14,16,20,22,25-26,28-29,32,34,52-53H,6-7,9,11-13,15,17-19,21,23-24,27,30-31,33,35-51H2,1-5H3/p+1/b10-8+,16-14+,22-20+,26-25+,29-28+,34-32+. The summed E-state index contributed by atoms with van der Waals surface area (Å²) in [4.78, 5) is 37.2. The number of carbonyl (C=O) groups excluding carboxylic acids is 2. The molecule has 0 aliphatic carbocycles. The van der Waals surface area contributed by atoms with Gasteiger partial charge in [-0.1, -0.05) is 202 Å². The number of esters is 2. The van der Waals surface area contributed by atoms with Crippen molar-refractivity contribution in [2.45, 2.75) is 225 Å². The highest BCUT2D eigenvalue weighted by atomic mass is 16.6. The second kappa shape index (κ2) is 46.3. The van der Waals surface area contributed by atoms with Crippen LogP contribution in [0.2, 0.25) is 0 Å². The molecule has 0 spiro atoms. The molecule has 0 rings (SSSR count). The zero-order chi connectivity index (χ0) is 47.0. The number of quaternary nitrogens is 1. The third kappa shape index (κ3) is 44.0. The highest BCUT2D eigenvalue weighted by Gasteiger charge is 2.31. The number of carboxylic acid groups (broad SMARTS) is 1. The molecule has 0 aromatic carbocycles. The summed E-state index contributed by atoms with van der Waals surface area (Å²) < 4.78 is 17.3. The lowest BCUT2D eigenvalue weighted by molar-refractivity contribution is -0.887. The molecule has 0 amide bonds. The van der Waals surface area contributed by atoms with Gasteiger partial charge in [-0.3, -0.25) is 9.59 Å². The maximum Gasteiger partial charge on any atom is 0.362 e. The molecule has 0 aliphatic rings. The molecule has 0 fully saturated rings. The quantitative estimate of drug-likeness (QED) is 0.0281. The Hall–Kier alpha value is -3.23. The second-order valence-corrected chi connectivity index (χ2v) is 18.4. The average Bonchev–Trinajstić information content (AvgIpc) is 3.26. The van der Waals surface area contributed by atoms with E-state index >= 15 is 0 Å². The van der Waals surface area contributed by atoms with Crippen LogP contribution in [0.15, 0.2) is 72.9 Å². The lowest BCUT2D eigenvalue weighted by Gasteiger charge is -2.31. The molecule has 0 saturated heterocycles. The van der Waals surface area contributed by atoms with E-state index in [0.29, 0.717) is 19.3 Å². The molecule has 0 radical (unpaired) electrons. The molecule has 0 aromatic heterocycles. The zero-order valence-electron chi connectivity index (χ0n) is 42.0. The molecule has 0 bridgehead atoms. The molecule has 2 atom stereocenters. The summed E-state index contributed by atoms with van der Waals surface area (Å²) in [6.45, 7) is 4.61. The highest BCUT2D eigenvalue weighted by molar-refractivity contribution is 5.72. The second-order valence-electron chi connectivity index (χ2n) is 18.4. The van der Waals surface area contributed by atoms with Gasteiger partial charge in [0.2, 0.25) is 0 Å². The summed E-state index contributed by atoms with van der Waals surface area (Å²) in [6.07, 6.45) is 59.5. The number of likely N-dealkylation sites (N-methyl/N-ethyl adjacent to an activating group) is 1. The minimum absolute atomic E-state index is 0.0517. The Labute approximate surface area is 393 Å². The van der Waals surface area contributed by atoms with Crippen molar-refractivity contribution < 1.29 is 38.2 Å². The summed E-state index contributed by atoms with van der Waals surface area (Å²) in [7, 11) is 5.53. The summed E-state index contributed by atoms with van der Waals surface area (Å²) in [5, 5.41) is 9.66. The monoisotopic (exact) mass is 897 g/mol. The number of rotatable bonds is 46. The number of ether oxygens (including phenoxy) is 3. The van der Waals surface area contributed by atoms with E-state index in [1.165, 1.54) is 89.9 Å². The van der Waals surface area contributed by atoms with E-state index in [1.54, 1.807) is 0 Å². The molecule has 8 nitrogen and oxygen atoms in total. The molecule has 2 unspecified atom stereocenters. The first-order valence-corrected chi connectivity index (χ1v) is 26.0. The molecule has 8 heteroatoms. The van der Waals surface area contributed by atoms with Gasteiger partial charge in [-0.25, -0.2) is 4.79 Å². The maximum absolute atomic E-state index is 12.8. The van der Waals surface area contributed by atoms with Crippen molar-refractivity contribution in [3.63, 3.8) is 0 Å². The molecule has 0 heterocycles. The summed E-state index contributed by atoms with van der Waals surface area (Å²) >= 11 is 0. The molecular formula is C56H98NO7+. The topological polar surface area (TPSA) is 99.1 Å². The van der Waals surface area contributed by atoms with Crippen LogP contribution >= 0.6 is 0 Å². The van der Waals surface area contributed by atoms with Crippen molar-refractivity contribution in [1.29, 1.82) is 0 Å². The van der Waals surface area contributed by atoms with Crippen LogP contribution in [0, 0.1) is 0 Å². The summed E-state index contributed by atoms with van der Waals surface area (Å²) in [5.41, 5.74) is 0. The Morgan fingerprint density at radius 3 is 1.30 bits per heavy atom. The van der Waals surface area contributed by atoms with Crippen molar-refractivity contribution in [2.24, 2.45) is 0 Å². The van der Waals surface area contributed by atoms with Crippen LogP contribution in [-0.2, 0) is 28.6 Å². The molecule has 368 valence electrons. The molecule has 1 N–H and O–H groups in total. The number of aliphatic carboxylic acids is 1. The first-order chi connectivity index (χ1) is 31.1. The van der Waals surface area contributed by atoms with E-state index in [0.717, 1.165) is 89.9 Å². The SMILES string of the molecule is CC/C=C/C/C=C/C/C=C/C/C=C/C/C=C/C/C=C/CCCCCCC(=O)OCC(COCCC(C(=O)O)[N+](C)(C)C)OC(=O)CCCCCCCCCCCCCCCCCCC. The Morgan fingerprint density at radius 2 is 0.875 bits per heavy atom. The van der Waals surface area contributed by atoms with E-state index in [1.807, 2.05) is 21.1 Å². The van der Waals surface area contributed by atoms with Gasteiger partial charge in [-0.15, -0.1) is 0 Å². The molecule has 64 heavy (non-hydrogen) atoms. The van der Waals surface area contributed by atoms with Crippen LogP contribution in [0.1, 0.15) is 213 Å². The van der Waals surface area contributed by atoms with Gasteiger partial charge in [0.1, 0.15) is 6.61 Å². The highest BCUT2D eigenvalue weighted by Crippen LogP contribution is 2.16. The third-order valence-electron chi connectivity index (χ3n) is 11.4. The van der Waals surface area contributed by atoms with Crippen LogP contribution in [0.5, 0.6) is 0 Å². The van der Waals surface area contributed by atoms with E-state index in [9.17, 15) is 19.5 Å². The normalized spacial score (nSPS) is 13.5. The van der Waals surface area contributed by atoms with Crippen molar-refractivity contribution in [1.82, 2.24) is 0 Å². The smallest absolute Gasteiger partial charge is 0.362 e.